The highest BCUT2D eigenvalue weighted by molar-refractivity contribution is 5.24. The molecule has 0 amide bonds. The molecule has 0 fully saturated rings. The van der Waals surface area contributed by atoms with E-state index >= 15 is 0 Å². The monoisotopic (exact) mass is 277 g/mol. The first kappa shape index (κ1) is 17.2. The highest BCUT2D eigenvalue weighted by atomic mass is 16.5. The highest BCUT2D eigenvalue weighted by Crippen LogP contribution is 2.19. The minimum atomic E-state index is 0.559. The van der Waals surface area contributed by atoms with Gasteiger partial charge >= 0.3 is 0 Å². The fourth-order valence-electron chi connectivity index (χ4n) is 2.25. The molecule has 0 saturated carbocycles. The molecule has 114 valence electrons. The van der Waals surface area contributed by atoms with E-state index in [1.807, 2.05) is 0 Å². The van der Waals surface area contributed by atoms with Gasteiger partial charge in [0.25, 0.3) is 0 Å². The van der Waals surface area contributed by atoms with Crippen LogP contribution >= 0.6 is 0 Å². The maximum atomic E-state index is 5.73. The topological polar surface area (TPSA) is 21.3 Å². The molecule has 1 aromatic rings. The van der Waals surface area contributed by atoms with E-state index in [4.69, 9.17) is 4.74 Å². The number of hydrogen-bond acceptors (Lipinski definition) is 2. The third kappa shape index (κ3) is 7.06. The average molecular weight is 277 g/mol. The maximum Gasteiger partial charge on any atom is 0.0472 e. The molecule has 0 aliphatic rings. The SMILES string of the molecule is CCCCOCCC(CNCCC)c1ccc(C)cc1. The molecule has 1 unspecified atom stereocenters. The summed E-state index contributed by atoms with van der Waals surface area (Å²) in [5.74, 6) is 0.559. The zero-order chi connectivity index (χ0) is 14.6. The molecule has 0 saturated heterocycles. The van der Waals surface area contributed by atoms with Crippen LogP contribution < -0.4 is 5.32 Å². The van der Waals surface area contributed by atoms with E-state index in [1.165, 1.54) is 30.4 Å². The van der Waals surface area contributed by atoms with Gasteiger partial charge in [-0.05, 0) is 44.2 Å². The molecule has 2 heteroatoms. The van der Waals surface area contributed by atoms with Crippen molar-refractivity contribution in [2.75, 3.05) is 26.3 Å². The number of nitrogens with one attached hydrogen (secondary N) is 1. The van der Waals surface area contributed by atoms with Crippen LogP contribution in [0.1, 0.15) is 56.6 Å². The molecule has 1 atom stereocenters. The Hall–Kier alpha value is -0.860. The Balaban J connectivity index is 2.44. The molecule has 0 spiro atoms. The standard InChI is InChI=1S/C18H31NO/c1-4-6-13-20-14-11-18(15-19-12-5-2)17-9-7-16(3)8-10-17/h7-10,18-19H,4-6,11-15H2,1-3H3. The summed E-state index contributed by atoms with van der Waals surface area (Å²) >= 11 is 0. The van der Waals surface area contributed by atoms with Crippen molar-refractivity contribution in [2.24, 2.45) is 0 Å². The first-order valence-corrected chi connectivity index (χ1v) is 8.13. The molecule has 0 aromatic heterocycles. The lowest BCUT2D eigenvalue weighted by atomic mass is 9.95. The second-order valence-corrected chi connectivity index (χ2v) is 5.57. The van der Waals surface area contributed by atoms with E-state index in [-0.39, 0.29) is 0 Å². The molecule has 1 rings (SSSR count). The molecule has 0 heterocycles. The van der Waals surface area contributed by atoms with Gasteiger partial charge in [0.1, 0.15) is 0 Å². The van der Waals surface area contributed by atoms with Crippen molar-refractivity contribution >= 4 is 0 Å². The molecule has 1 aromatic carbocycles. The molecule has 2 nitrogen and oxygen atoms in total. The van der Waals surface area contributed by atoms with Crippen molar-refractivity contribution in [3.05, 3.63) is 35.4 Å². The van der Waals surface area contributed by atoms with Gasteiger partial charge in [0, 0.05) is 19.8 Å². The van der Waals surface area contributed by atoms with Crippen molar-refractivity contribution in [1.29, 1.82) is 0 Å². The Kier molecular flexibility index (Phi) is 9.35. The van der Waals surface area contributed by atoms with Gasteiger partial charge in [-0.3, -0.25) is 0 Å². The van der Waals surface area contributed by atoms with Crippen LogP contribution in [0.15, 0.2) is 24.3 Å². The van der Waals surface area contributed by atoms with E-state index in [0.29, 0.717) is 5.92 Å². The summed E-state index contributed by atoms with van der Waals surface area (Å²) in [7, 11) is 0. The van der Waals surface area contributed by atoms with Crippen LogP contribution in [0.5, 0.6) is 0 Å². The number of aryl methyl sites for hydroxylation is 1. The largest absolute Gasteiger partial charge is 0.381 e. The third-order valence-electron chi connectivity index (χ3n) is 3.62. The summed E-state index contributed by atoms with van der Waals surface area (Å²) in [6, 6.07) is 8.94. The van der Waals surface area contributed by atoms with E-state index in [0.717, 1.165) is 32.7 Å². The van der Waals surface area contributed by atoms with E-state index in [9.17, 15) is 0 Å². The van der Waals surface area contributed by atoms with Crippen molar-refractivity contribution in [3.8, 4) is 0 Å². The predicted molar refractivity (Wildman–Crippen MR) is 87.4 cm³/mol. The Bertz CT molecular complexity index is 334. The van der Waals surface area contributed by atoms with E-state index in [2.05, 4.69) is 50.4 Å². The molecule has 0 aliphatic heterocycles. The van der Waals surface area contributed by atoms with Crippen LogP contribution in [0.25, 0.3) is 0 Å². The third-order valence-corrected chi connectivity index (χ3v) is 3.62. The molecular weight excluding hydrogens is 246 g/mol. The number of unbranched alkanes of at least 4 members (excludes halogenated alkanes) is 1. The Morgan fingerprint density at radius 1 is 1.05 bits per heavy atom. The van der Waals surface area contributed by atoms with Gasteiger partial charge in [-0.1, -0.05) is 50.1 Å². The maximum absolute atomic E-state index is 5.73. The summed E-state index contributed by atoms with van der Waals surface area (Å²) in [6.45, 7) is 10.5. The predicted octanol–water partition coefficient (Wildman–Crippen LogP) is 4.29. The quantitative estimate of drug-likeness (QED) is 0.609. The fourth-order valence-corrected chi connectivity index (χ4v) is 2.25. The number of rotatable bonds is 11. The van der Waals surface area contributed by atoms with E-state index < -0.39 is 0 Å². The minimum Gasteiger partial charge on any atom is -0.381 e. The molecule has 0 bridgehead atoms. The smallest absolute Gasteiger partial charge is 0.0472 e. The number of ether oxygens (including phenoxy) is 1. The Morgan fingerprint density at radius 2 is 1.80 bits per heavy atom. The summed E-state index contributed by atoms with van der Waals surface area (Å²) in [6.07, 6.45) is 4.67. The first-order valence-electron chi connectivity index (χ1n) is 8.13. The zero-order valence-electron chi connectivity index (χ0n) is 13.5. The average Bonchev–Trinajstić information content (AvgIpc) is 2.46. The second-order valence-electron chi connectivity index (χ2n) is 5.57. The van der Waals surface area contributed by atoms with Gasteiger partial charge in [-0.15, -0.1) is 0 Å². The molecule has 0 radical (unpaired) electrons. The van der Waals surface area contributed by atoms with Crippen molar-refractivity contribution in [2.45, 2.75) is 52.4 Å². The van der Waals surface area contributed by atoms with Crippen molar-refractivity contribution in [1.82, 2.24) is 5.32 Å². The Labute approximate surface area is 124 Å². The van der Waals surface area contributed by atoms with Gasteiger partial charge in [-0.25, -0.2) is 0 Å². The molecule has 20 heavy (non-hydrogen) atoms. The summed E-state index contributed by atoms with van der Waals surface area (Å²) in [4.78, 5) is 0. The van der Waals surface area contributed by atoms with Gasteiger partial charge in [-0.2, -0.15) is 0 Å². The van der Waals surface area contributed by atoms with Gasteiger partial charge in [0.2, 0.25) is 0 Å². The van der Waals surface area contributed by atoms with Crippen LogP contribution in [0, 0.1) is 6.92 Å². The van der Waals surface area contributed by atoms with Crippen LogP contribution in [0.4, 0.5) is 0 Å². The van der Waals surface area contributed by atoms with E-state index in [1.54, 1.807) is 0 Å². The molecule has 0 aliphatic carbocycles. The van der Waals surface area contributed by atoms with Crippen LogP contribution in [0.2, 0.25) is 0 Å². The number of hydrogen-bond donors (Lipinski definition) is 1. The fraction of sp³-hybridized carbons (Fsp3) is 0.667. The second kappa shape index (κ2) is 10.9. The van der Waals surface area contributed by atoms with Crippen LogP contribution in [-0.4, -0.2) is 26.3 Å². The lowest BCUT2D eigenvalue weighted by molar-refractivity contribution is 0.124. The number of benzene rings is 1. The van der Waals surface area contributed by atoms with Crippen LogP contribution in [-0.2, 0) is 4.74 Å². The first-order chi connectivity index (χ1) is 9.77. The highest BCUT2D eigenvalue weighted by Gasteiger charge is 2.11. The normalized spacial score (nSPS) is 12.6. The minimum absolute atomic E-state index is 0.559. The lowest BCUT2D eigenvalue weighted by Gasteiger charge is -2.18. The zero-order valence-corrected chi connectivity index (χ0v) is 13.5. The van der Waals surface area contributed by atoms with Gasteiger partial charge < -0.3 is 10.1 Å². The van der Waals surface area contributed by atoms with Crippen molar-refractivity contribution in [3.63, 3.8) is 0 Å². The summed E-state index contributed by atoms with van der Waals surface area (Å²) in [5.41, 5.74) is 2.76. The van der Waals surface area contributed by atoms with Gasteiger partial charge in [0.05, 0.1) is 0 Å². The Morgan fingerprint density at radius 3 is 2.45 bits per heavy atom. The summed E-state index contributed by atoms with van der Waals surface area (Å²) in [5, 5.41) is 3.54. The van der Waals surface area contributed by atoms with Crippen LogP contribution in [0.3, 0.4) is 0 Å². The molecular formula is C18H31NO. The van der Waals surface area contributed by atoms with Gasteiger partial charge in [0.15, 0.2) is 0 Å². The lowest BCUT2D eigenvalue weighted by Crippen LogP contribution is -2.23. The van der Waals surface area contributed by atoms with Crippen molar-refractivity contribution < 1.29 is 4.74 Å². The summed E-state index contributed by atoms with van der Waals surface area (Å²) < 4.78 is 5.73. The molecule has 1 N–H and O–H groups in total.